The number of nitriles is 1. The molecule has 0 spiro atoms. The number of rotatable bonds is 3. The summed E-state index contributed by atoms with van der Waals surface area (Å²) in [5.41, 5.74) is 4.80. The monoisotopic (exact) mass is 327 g/mol. The molecule has 4 heteroatoms. The number of hydrogen-bond donors (Lipinski definition) is 1. The maximum atomic E-state index is 11.6. The lowest BCUT2D eigenvalue weighted by Crippen LogP contribution is -2.10. The first-order chi connectivity index (χ1) is 12.1. The van der Waals surface area contributed by atoms with Gasteiger partial charge in [0.25, 0.3) is 0 Å². The molecule has 0 saturated heterocycles. The highest BCUT2D eigenvalue weighted by Crippen LogP contribution is 2.32. The van der Waals surface area contributed by atoms with Crippen molar-refractivity contribution in [3.8, 4) is 28.5 Å². The Bertz CT molecular complexity index is 955. The van der Waals surface area contributed by atoms with Gasteiger partial charge in [-0.25, -0.2) is 4.98 Å². The molecule has 0 radical (unpaired) electrons. The van der Waals surface area contributed by atoms with E-state index in [2.05, 4.69) is 16.4 Å². The molecule has 2 aromatic carbocycles. The highest BCUT2D eigenvalue weighted by Gasteiger charge is 2.16. The van der Waals surface area contributed by atoms with Crippen LogP contribution in [0.1, 0.15) is 18.1 Å². The molecule has 4 nitrogen and oxygen atoms in total. The Morgan fingerprint density at radius 3 is 2.32 bits per heavy atom. The van der Waals surface area contributed by atoms with Gasteiger partial charge in [0.15, 0.2) is 5.82 Å². The summed E-state index contributed by atoms with van der Waals surface area (Å²) in [5, 5.41) is 12.3. The van der Waals surface area contributed by atoms with Crippen LogP contribution < -0.4 is 5.32 Å². The quantitative estimate of drug-likeness (QED) is 0.767. The summed E-state index contributed by atoms with van der Waals surface area (Å²) in [4.78, 5) is 16.1. The predicted molar refractivity (Wildman–Crippen MR) is 98.9 cm³/mol. The lowest BCUT2D eigenvalue weighted by molar-refractivity contribution is -0.114. The number of aromatic nitrogens is 1. The van der Waals surface area contributed by atoms with Crippen molar-refractivity contribution in [2.75, 3.05) is 5.32 Å². The Labute approximate surface area is 146 Å². The first-order valence-corrected chi connectivity index (χ1v) is 7.93. The number of hydrogen-bond acceptors (Lipinski definition) is 3. The van der Waals surface area contributed by atoms with E-state index in [9.17, 15) is 10.1 Å². The third kappa shape index (κ3) is 3.56. The number of anilines is 1. The Kier molecular flexibility index (Phi) is 4.58. The van der Waals surface area contributed by atoms with E-state index in [4.69, 9.17) is 0 Å². The molecule has 0 aliphatic rings. The van der Waals surface area contributed by atoms with Gasteiger partial charge in [-0.05, 0) is 18.6 Å². The third-order valence-corrected chi connectivity index (χ3v) is 3.86. The zero-order valence-electron chi connectivity index (χ0n) is 14.1. The largest absolute Gasteiger partial charge is 0.310 e. The van der Waals surface area contributed by atoms with Gasteiger partial charge in [0.1, 0.15) is 11.6 Å². The van der Waals surface area contributed by atoms with Crippen molar-refractivity contribution < 1.29 is 4.79 Å². The lowest BCUT2D eigenvalue weighted by atomic mass is 9.98. The SMILES string of the molecule is CC(=O)Nc1nc(-c2ccc(C)cc2)cc(-c2ccccc2)c1C#N. The van der Waals surface area contributed by atoms with Crippen molar-refractivity contribution in [3.05, 3.63) is 71.8 Å². The van der Waals surface area contributed by atoms with Gasteiger partial charge in [-0.15, -0.1) is 0 Å². The van der Waals surface area contributed by atoms with E-state index in [1.165, 1.54) is 6.92 Å². The molecule has 0 aliphatic heterocycles. The first kappa shape index (κ1) is 16.4. The number of aryl methyl sites for hydroxylation is 1. The number of carbonyl (C=O) groups excluding carboxylic acids is 1. The van der Waals surface area contributed by atoms with E-state index in [0.717, 1.165) is 22.3 Å². The Hall–Kier alpha value is -3.45. The summed E-state index contributed by atoms with van der Waals surface area (Å²) < 4.78 is 0. The Morgan fingerprint density at radius 1 is 1.04 bits per heavy atom. The van der Waals surface area contributed by atoms with E-state index in [1.807, 2.05) is 67.6 Å². The molecule has 3 rings (SSSR count). The summed E-state index contributed by atoms with van der Waals surface area (Å²) in [6.07, 6.45) is 0. The highest BCUT2D eigenvalue weighted by molar-refractivity contribution is 5.92. The molecule has 1 amide bonds. The van der Waals surface area contributed by atoms with Gasteiger partial charge in [0.2, 0.25) is 5.91 Å². The van der Waals surface area contributed by atoms with Crippen LogP contribution in [0.2, 0.25) is 0 Å². The molecule has 0 unspecified atom stereocenters. The molecule has 1 heterocycles. The fourth-order valence-corrected chi connectivity index (χ4v) is 2.63. The topological polar surface area (TPSA) is 65.8 Å². The number of carbonyl (C=O) groups is 1. The summed E-state index contributed by atoms with van der Waals surface area (Å²) >= 11 is 0. The third-order valence-electron chi connectivity index (χ3n) is 3.86. The van der Waals surface area contributed by atoms with Gasteiger partial charge >= 0.3 is 0 Å². The second-order valence-electron chi connectivity index (χ2n) is 5.80. The fourth-order valence-electron chi connectivity index (χ4n) is 2.63. The van der Waals surface area contributed by atoms with Crippen LogP contribution in [0.3, 0.4) is 0 Å². The van der Waals surface area contributed by atoms with Crippen LogP contribution in [-0.4, -0.2) is 10.9 Å². The van der Waals surface area contributed by atoms with Gasteiger partial charge in [-0.2, -0.15) is 5.26 Å². The van der Waals surface area contributed by atoms with E-state index < -0.39 is 0 Å². The van der Waals surface area contributed by atoms with Crippen LogP contribution in [0.4, 0.5) is 5.82 Å². The number of pyridine rings is 1. The van der Waals surface area contributed by atoms with E-state index in [0.29, 0.717) is 11.3 Å². The Morgan fingerprint density at radius 2 is 1.72 bits per heavy atom. The van der Waals surface area contributed by atoms with Crippen molar-refractivity contribution in [3.63, 3.8) is 0 Å². The van der Waals surface area contributed by atoms with Crippen molar-refractivity contribution in [1.29, 1.82) is 5.26 Å². The highest BCUT2D eigenvalue weighted by atomic mass is 16.1. The minimum absolute atomic E-state index is 0.260. The van der Waals surface area contributed by atoms with Crippen LogP contribution in [0, 0.1) is 18.3 Å². The smallest absolute Gasteiger partial charge is 0.222 e. The van der Waals surface area contributed by atoms with Gasteiger partial charge in [-0.3, -0.25) is 4.79 Å². The number of nitrogens with zero attached hydrogens (tertiary/aromatic N) is 2. The molecule has 0 atom stereocenters. The van der Waals surface area contributed by atoms with Crippen LogP contribution in [0.15, 0.2) is 60.7 Å². The zero-order chi connectivity index (χ0) is 17.8. The van der Waals surface area contributed by atoms with E-state index >= 15 is 0 Å². The van der Waals surface area contributed by atoms with Crippen LogP contribution in [0.5, 0.6) is 0 Å². The molecule has 3 aromatic rings. The molecule has 0 fully saturated rings. The second kappa shape index (κ2) is 6.98. The second-order valence-corrected chi connectivity index (χ2v) is 5.80. The van der Waals surface area contributed by atoms with Gasteiger partial charge < -0.3 is 5.32 Å². The molecule has 0 bridgehead atoms. The molecule has 0 aliphatic carbocycles. The lowest BCUT2D eigenvalue weighted by Gasteiger charge is -2.13. The van der Waals surface area contributed by atoms with Gasteiger partial charge in [-0.1, -0.05) is 60.2 Å². The summed E-state index contributed by atoms with van der Waals surface area (Å²) in [6, 6.07) is 21.7. The summed E-state index contributed by atoms with van der Waals surface area (Å²) in [5.74, 6) is 0.0241. The van der Waals surface area contributed by atoms with Crippen molar-refractivity contribution in [2.45, 2.75) is 13.8 Å². The van der Waals surface area contributed by atoms with Crippen molar-refractivity contribution >= 4 is 11.7 Å². The van der Waals surface area contributed by atoms with Crippen LogP contribution in [-0.2, 0) is 4.79 Å². The van der Waals surface area contributed by atoms with Crippen molar-refractivity contribution in [1.82, 2.24) is 4.98 Å². The number of nitrogens with one attached hydrogen (secondary N) is 1. The predicted octanol–water partition coefficient (Wildman–Crippen LogP) is 4.55. The molecule has 1 aromatic heterocycles. The van der Waals surface area contributed by atoms with Crippen LogP contribution >= 0.6 is 0 Å². The molecule has 1 N–H and O–H groups in total. The van der Waals surface area contributed by atoms with E-state index in [1.54, 1.807) is 0 Å². The number of benzene rings is 2. The van der Waals surface area contributed by atoms with Gasteiger partial charge in [0, 0.05) is 18.1 Å². The normalized spacial score (nSPS) is 10.1. The summed E-state index contributed by atoms with van der Waals surface area (Å²) in [7, 11) is 0. The van der Waals surface area contributed by atoms with Gasteiger partial charge in [0.05, 0.1) is 5.69 Å². The fraction of sp³-hybridized carbons (Fsp3) is 0.0952. The van der Waals surface area contributed by atoms with Crippen LogP contribution in [0.25, 0.3) is 22.4 Å². The van der Waals surface area contributed by atoms with E-state index in [-0.39, 0.29) is 11.7 Å². The minimum Gasteiger partial charge on any atom is -0.310 e. The first-order valence-electron chi connectivity index (χ1n) is 7.93. The maximum absolute atomic E-state index is 11.6. The number of amides is 1. The molecule has 122 valence electrons. The minimum atomic E-state index is -0.260. The molecular formula is C21H17N3O. The average molecular weight is 327 g/mol. The Balaban J connectivity index is 2.25. The molecule has 25 heavy (non-hydrogen) atoms. The standard InChI is InChI=1S/C21H17N3O/c1-14-8-10-17(11-9-14)20-12-18(16-6-4-3-5-7-16)19(13-22)21(24-20)23-15(2)25/h3-12H,1-2H3,(H,23,24,25). The zero-order valence-corrected chi connectivity index (χ0v) is 14.1. The maximum Gasteiger partial charge on any atom is 0.222 e. The summed E-state index contributed by atoms with van der Waals surface area (Å²) in [6.45, 7) is 3.43. The molecule has 0 saturated carbocycles. The average Bonchev–Trinajstić information content (AvgIpc) is 2.62. The molecular weight excluding hydrogens is 310 g/mol. The van der Waals surface area contributed by atoms with Crippen molar-refractivity contribution in [2.24, 2.45) is 0 Å².